The Labute approximate surface area is 175 Å². The minimum absolute atomic E-state index is 0.00425. The standard InChI is InChI=1S/C22H16F2N6O/c23-22(24)31-17-9-8-14(13-5-2-1-3-6-13)11-16(17)28-20-18-19(15-7-4-10-25-15)29-30-21(18)27-12-26-20/h1-9,11-12,22H,10H2,(H2,26,27,28,29,30). The molecule has 0 aliphatic carbocycles. The molecule has 2 N–H and O–H groups in total. The Morgan fingerprint density at radius 3 is 2.68 bits per heavy atom. The molecule has 31 heavy (non-hydrogen) atoms. The van der Waals surface area contributed by atoms with Crippen molar-refractivity contribution >= 4 is 28.3 Å². The largest absolute Gasteiger partial charge is 0.433 e. The van der Waals surface area contributed by atoms with Crippen molar-refractivity contribution in [2.45, 2.75) is 6.61 Å². The van der Waals surface area contributed by atoms with Gasteiger partial charge >= 0.3 is 6.61 Å². The van der Waals surface area contributed by atoms with Crippen molar-refractivity contribution in [3.8, 4) is 16.9 Å². The molecule has 9 heteroatoms. The fraction of sp³-hybridized carbons (Fsp3) is 0.0909. The molecule has 0 bridgehead atoms. The van der Waals surface area contributed by atoms with Gasteiger partial charge in [0.15, 0.2) is 5.65 Å². The molecule has 0 spiro atoms. The zero-order valence-corrected chi connectivity index (χ0v) is 16.1. The van der Waals surface area contributed by atoms with Crippen LogP contribution in [0.4, 0.5) is 20.3 Å². The van der Waals surface area contributed by atoms with Crippen LogP contribution in [-0.2, 0) is 0 Å². The number of fused-ring (bicyclic) bond motifs is 1. The molecule has 154 valence electrons. The monoisotopic (exact) mass is 418 g/mol. The number of benzene rings is 2. The van der Waals surface area contributed by atoms with Crippen LogP contribution in [-0.4, -0.2) is 39.0 Å². The first-order chi connectivity index (χ1) is 15.2. The van der Waals surface area contributed by atoms with Gasteiger partial charge in [-0.1, -0.05) is 42.5 Å². The van der Waals surface area contributed by atoms with E-state index in [0.29, 0.717) is 34.8 Å². The summed E-state index contributed by atoms with van der Waals surface area (Å²) in [6.45, 7) is -2.38. The van der Waals surface area contributed by atoms with Crippen molar-refractivity contribution in [1.29, 1.82) is 0 Å². The van der Waals surface area contributed by atoms with E-state index >= 15 is 0 Å². The minimum atomic E-state index is -2.96. The molecule has 2 aromatic heterocycles. The van der Waals surface area contributed by atoms with E-state index in [0.717, 1.165) is 16.8 Å². The Kier molecular flexibility index (Phi) is 4.83. The molecule has 0 amide bonds. The van der Waals surface area contributed by atoms with Crippen LogP contribution in [0.1, 0.15) is 5.69 Å². The van der Waals surface area contributed by atoms with Crippen molar-refractivity contribution in [3.05, 3.63) is 72.7 Å². The second-order valence-corrected chi connectivity index (χ2v) is 6.73. The average molecular weight is 418 g/mol. The highest BCUT2D eigenvalue weighted by molar-refractivity contribution is 6.17. The number of nitrogens with zero attached hydrogens (tertiary/aromatic N) is 4. The first-order valence-electron chi connectivity index (χ1n) is 9.51. The molecular formula is C22H16F2N6O. The van der Waals surface area contributed by atoms with Crippen LogP contribution in [0.15, 0.2) is 72.0 Å². The Balaban J connectivity index is 1.61. The maximum absolute atomic E-state index is 13.0. The normalized spacial score (nSPS) is 13.1. The van der Waals surface area contributed by atoms with E-state index in [-0.39, 0.29) is 5.75 Å². The Hall–Kier alpha value is -4.14. The number of aromatic amines is 1. The highest BCUT2D eigenvalue weighted by Crippen LogP contribution is 2.35. The first-order valence-corrected chi connectivity index (χ1v) is 9.51. The fourth-order valence-corrected chi connectivity index (χ4v) is 3.43. The van der Waals surface area contributed by atoms with Gasteiger partial charge in [0.05, 0.1) is 29.0 Å². The van der Waals surface area contributed by atoms with Gasteiger partial charge in [-0.25, -0.2) is 9.97 Å². The summed E-state index contributed by atoms with van der Waals surface area (Å²) in [7, 11) is 0. The molecule has 7 nitrogen and oxygen atoms in total. The molecule has 2 aromatic carbocycles. The van der Waals surface area contributed by atoms with Crippen LogP contribution in [0.5, 0.6) is 5.75 Å². The maximum Gasteiger partial charge on any atom is 0.387 e. The van der Waals surface area contributed by atoms with Crippen LogP contribution in [0.3, 0.4) is 0 Å². The number of alkyl halides is 2. The number of halogens is 2. The number of rotatable bonds is 6. The lowest BCUT2D eigenvalue weighted by molar-refractivity contribution is -0.0493. The Morgan fingerprint density at radius 1 is 1.03 bits per heavy atom. The molecule has 0 fully saturated rings. The lowest BCUT2D eigenvalue weighted by atomic mass is 10.0. The zero-order valence-electron chi connectivity index (χ0n) is 16.1. The van der Waals surface area contributed by atoms with Crippen molar-refractivity contribution in [1.82, 2.24) is 20.2 Å². The number of H-pyrrole nitrogens is 1. The van der Waals surface area contributed by atoms with Gasteiger partial charge in [0.2, 0.25) is 0 Å². The Bertz CT molecular complexity index is 1300. The van der Waals surface area contributed by atoms with Crippen molar-refractivity contribution in [2.75, 3.05) is 11.9 Å². The van der Waals surface area contributed by atoms with E-state index in [1.807, 2.05) is 42.5 Å². The summed E-state index contributed by atoms with van der Waals surface area (Å²) in [5.74, 6) is 0.408. The van der Waals surface area contributed by atoms with E-state index in [4.69, 9.17) is 4.74 Å². The highest BCUT2D eigenvalue weighted by atomic mass is 19.3. The summed E-state index contributed by atoms with van der Waals surface area (Å²) >= 11 is 0. The third-order valence-corrected chi connectivity index (χ3v) is 4.81. The molecule has 0 saturated heterocycles. The van der Waals surface area contributed by atoms with Crippen LogP contribution < -0.4 is 10.1 Å². The van der Waals surface area contributed by atoms with Crippen molar-refractivity contribution in [2.24, 2.45) is 4.99 Å². The summed E-state index contributed by atoms with van der Waals surface area (Å²) in [4.78, 5) is 12.9. The first kappa shape index (κ1) is 18.9. The molecule has 1 aliphatic heterocycles. The number of aliphatic imine (C=N–C) groups is 1. The van der Waals surface area contributed by atoms with Gasteiger partial charge in [-0.2, -0.15) is 13.9 Å². The third kappa shape index (κ3) is 3.73. The summed E-state index contributed by atoms with van der Waals surface area (Å²) in [6.07, 6.45) is 5.16. The topological polar surface area (TPSA) is 88.1 Å². The van der Waals surface area contributed by atoms with Gasteiger partial charge < -0.3 is 10.1 Å². The molecular weight excluding hydrogens is 402 g/mol. The lowest BCUT2D eigenvalue weighted by Gasteiger charge is -2.15. The van der Waals surface area contributed by atoms with E-state index in [1.165, 1.54) is 12.4 Å². The predicted molar refractivity (Wildman–Crippen MR) is 114 cm³/mol. The average Bonchev–Trinajstić information content (AvgIpc) is 3.45. The zero-order chi connectivity index (χ0) is 21.2. The molecule has 3 heterocycles. The van der Waals surface area contributed by atoms with E-state index < -0.39 is 6.61 Å². The van der Waals surface area contributed by atoms with Gasteiger partial charge in [0, 0.05) is 0 Å². The van der Waals surface area contributed by atoms with Gasteiger partial charge in [-0.15, -0.1) is 0 Å². The third-order valence-electron chi connectivity index (χ3n) is 4.81. The van der Waals surface area contributed by atoms with Gasteiger partial charge in [-0.05, 0) is 29.3 Å². The summed E-state index contributed by atoms with van der Waals surface area (Å²) < 4.78 is 30.8. The number of nitrogens with one attached hydrogen (secondary N) is 2. The number of aromatic nitrogens is 4. The summed E-state index contributed by atoms with van der Waals surface area (Å²) in [5.41, 5.74) is 3.94. The number of allylic oxidation sites excluding steroid dienone is 1. The maximum atomic E-state index is 13.0. The Morgan fingerprint density at radius 2 is 1.90 bits per heavy atom. The smallest absolute Gasteiger partial charge is 0.387 e. The van der Waals surface area contributed by atoms with Gasteiger partial charge in [-0.3, -0.25) is 10.1 Å². The molecule has 0 radical (unpaired) electrons. The van der Waals surface area contributed by atoms with Crippen molar-refractivity contribution < 1.29 is 13.5 Å². The van der Waals surface area contributed by atoms with Crippen LogP contribution in [0.2, 0.25) is 0 Å². The van der Waals surface area contributed by atoms with Crippen molar-refractivity contribution in [3.63, 3.8) is 0 Å². The molecule has 0 atom stereocenters. The molecule has 5 rings (SSSR count). The molecule has 0 unspecified atom stereocenters. The highest BCUT2D eigenvalue weighted by Gasteiger charge is 2.19. The SMILES string of the molecule is FC(F)Oc1ccc(-c2ccccc2)cc1Nc1ncnc2n[nH]c(C3=NCC=C3)c12. The van der Waals surface area contributed by atoms with Crippen LogP contribution >= 0.6 is 0 Å². The lowest BCUT2D eigenvalue weighted by Crippen LogP contribution is -2.06. The van der Waals surface area contributed by atoms with Crippen LogP contribution in [0, 0.1) is 0 Å². The predicted octanol–water partition coefficient (Wildman–Crippen LogP) is 4.72. The second kappa shape index (κ2) is 7.94. The summed E-state index contributed by atoms with van der Waals surface area (Å²) in [5, 5.41) is 10.9. The summed E-state index contributed by atoms with van der Waals surface area (Å²) in [6, 6.07) is 14.6. The van der Waals surface area contributed by atoms with Gasteiger partial charge in [0.25, 0.3) is 0 Å². The number of ether oxygens (including phenoxy) is 1. The van der Waals surface area contributed by atoms with Gasteiger partial charge in [0.1, 0.15) is 17.9 Å². The second-order valence-electron chi connectivity index (χ2n) is 6.73. The number of anilines is 2. The van der Waals surface area contributed by atoms with E-state index in [9.17, 15) is 8.78 Å². The fourth-order valence-electron chi connectivity index (χ4n) is 3.43. The number of hydrogen-bond donors (Lipinski definition) is 2. The minimum Gasteiger partial charge on any atom is -0.433 e. The van der Waals surface area contributed by atoms with Crippen LogP contribution in [0.25, 0.3) is 22.2 Å². The molecule has 1 aliphatic rings. The van der Waals surface area contributed by atoms with E-state index in [1.54, 1.807) is 12.1 Å². The quantitative estimate of drug-likeness (QED) is 0.473. The molecule has 4 aromatic rings. The van der Waals surface area contributed by atoms with E-state index in [2.05, 4.69) is 30.5 Å². The number of hydrogen-bond acceptors (Lipinski definition) is 6. The molecule has 0 saturated carbocycles.